The maximum absolute atomic E-state index is 4.13. The van der Waals surface area contributed by atoms with Crippen molar-refractivity contribution < 1.29 is 0 Å². The SMILES string of the molecule is CC1CCCCCN1CCNCc1cccnc1. The minimum absolute atomic E-state index is 0.757. The van der Waals surface area contributed by atoms with E-state index in [1.165, 1.54) is 44.3 Å². The van der Waals surface area contributed by atoms with Crippen LogP contribution in [0.1, 0.15) is 38.2 Å². The highest BCUT2D eigenvalue weighted by Crippen LogP contribution is 2.15. The molecule has 1 aliphatic rings. The molecule has 0 bridgehead atoms. The summed E-state index contributed by atoms with van der Waals surface area (Å²) in [6.45, 7) is 6.80. The summed E-state index contributed by atoms with van der Waals surface area (Å²) in [6, 6.07) is 4.87. The third-order valence-electron chi connectivity index (χ3n) is 3.82. The highest BCUT2D eigenvalue weighted by Gasteiger charge is 2.15. The first-order valence-electron chi connectivity index (χ1n) is 7.20. The predicted octanol–water partition coefficient (Wildman–Crippen LogP) is 2.44. The lowest BCUT2D eigenvalue weighted by molar-refractivity contribution is 0.214. The monoisotopic (exact) mass is 247 g/mol. The first-order valence-corrected chi connectivity index (χ1v) is 7.20. The van der Waals surface area contributed by atoms with E-state index < -0.39 is 0 Å². The molecule has 2 heterocycles. The number of aromatic nitrogens is 1. The van der Waals surface area contributed by atoms with Crippen molar-refractivity contribution in [3.8, 4) is 0 Å². The normalized spacial score (nSPS) is 21.7. The summed E-state index contributed by atoms with van der Waals surface area (Å²) < 4.78 is 0. The molecule has 0 radical (unpaired) electrons. The van der Waals surface area contributed by atoms with Gasteiger partial charge in [0.2, 0.25) is 0 Å². The van der Waals surface area contributed by atoms with Crippen molar-refractivity contribution >= 4 is 0 Å². The van der Waals surface area contributed by atoms with E-state index >= 15 is 0 Å². The largest absolute Gasteiger partial charge is 0.311 e. The van der Waals surface area contributed by atoms with Gasteiger partial charge in [-0.25, -0.2) is 0 Å². The second kappa shape index (κ2) is 7.49. The van der Waals surface area contributed by atoms with Crippen molar-refractivity contribution in [3.63, 3.8) is 0 Å². The summed E-state index contributed by atoms with van der Waals surface area (Å²) in [5.41, 5.74) is 1.27. The van der Waals surface area contributed by atoms with Crippen molar-refractivity contribution in [2.75, 3.05) is 19.6 Å². The summed E-state index contributed by atoms with van der Waals surface area (Å²) in [5, 5.41) is 3.51. The number of hydrogen-bond acceptors (Lipinski definition) is 3. The number of nitrogens with zero attached hydrogens (tertiary/aromatic N) is 2. The number of pyridine rings is 1. The summed E-state index contributed by atoms with van der Waals surface area (Å²) in [7, 11) is 0. The summed E-state index contributed by atoms with van der Waals surface area (Å²) in [5.74, 6) is 0. The quantitative estimate of drug-likeness (QED) is 0.810. The smallest absolute Gasteiger partial charge is 0.0312 e. The molecule has 0 amide bonds. The minimum Gasteiger partial charge on any atom is -0.311 e. The van der Waals surface area contributed by atoms with E-state index in [1.54, 1.807) is 0 Å². The van der Waals surface area contributed by atoms with E-state index in [4.69, 9.17) is 0 Å². The van der Waals surface area contributed by atoms with Crippen LogP contribution < -0.4 is 5.32 Å². The minimum atomic E-state index is 0.757. The molecule has 0 spiro atoms. The van der Waals surface area contributed by atoms with Gasteiger partial charge in [0.15, 0.2) is 0 Å². The number of hydrogen-bond donors (Lipinski definition) is 1. The molecule has 1 atom stereocenters. The van der Waals surface area contributed by atoms with Crippen LogP contribution in [0.2, 0.25) is 0 Å². The van der Waals surface area contributed by atoms with E-state index in [9.17, 15) is 0 Å². The van der Waals surface area contributed by atoms with E-state index in [0.29, 0.717) is 0 Å². The van der Waals surface area contributed by atoms with Crippen molar-refractivity contribution in [1.82, 2.24) is 15.2 Å². The molecular formula is C15H25N3. The average Bonchev–Trinajstić information content (AvgIpc) is 2.61. The molecule has 100 valence electrons. The van der Waals surface area contributed by atoms with Gasteiger partial charge in [0.1, 0.15) is 0 Å². The molecule has 18 heavy (non-hydrogen) atoms. The van der Waals surface area contributed by atoms with E-state index in [-0.39, 0.29) is 0 Å². The van der Waals surface area contributed by atoms with Crippen LogP contribution in [-0.2, 0) is 6.54 Å². The third-order valence-corrected chi connectivity index (χ3v) is 3.82. The second-order valence-electron chi connectivity index (χ2n) is 5.27. The lowest BCUT2D eigenvalue weighted by Crippen LogP contribution is -2.37. The van der Waals surface area contributed by atoms with Gasteiger partial charge in [-0.05, 0) is 37.9 Å². The first kappa shape index (κ1) is 13.5. The van der Waals surface area contributed by atoms with E-state index in [2.05, 4.69) is 28.2 Å². The molecule has 1 aromatic heterocycles. The van der Waals surface area contributed by atoms with Gasteiger partial charge >= 0.3 is 0 Å². The lowest BCUT2D eigenvalue weighted by Gasteiger charge is -2.26. The van der Waals surface area contributed by atoms with Gasteiger partial charge in [-0.3, -0.25) is 9.88 Å². The van der Waals surface area contributed by atoms with Crippen LogP contribution in [0, 0.1) is 0 Å². The van der Waals surface area contributed by atoms with Crippen LogP contribution in [0.15, 0.2) is 24.5 Å². The Morgan fingerprint density at radius 3 is 3.17 bits per heavy atom. The Labute approximate surface area is 111 Å². The highest BCUT2D eigenvalue weighted by molar-refractivity contribution is 5.07. The van der Waals surface area contributed by atoms with Gasteiger partial charge in [-0.2, -0.15) is 0 Å². The van der Waals surface area contributed by atoms with Crippen LogP contribution in [0.3, 0.4) is 0 Å². The molecule has 0 aliphatic carbocycles. The zero-order valence-corrected chi connectivity index (χ0v) is 11.4. The lowest BCUT2D eigenvalue weighted by atomic mass is 10.1. The van der Waals surface area contributed by atoms with Gasteiger partial charge < -0.3 is 5.32 Å². The van der Waals surface area contributed by atoms with Gasteiger partial charge in [0.05, 0.1) is 0 Å². The van der Waals surface area contributed by atoms with E-state index in [1.807, 2.05) is 18.5 Å². The molecule has 1 unspecified atom stereocenters. The van der Waals surface area contributed by atoms with Crippen LogP contribution in [0.5, 0.6) is 0 Å². The molecule has 1 N–H and O–H groups in total. The van der Waals surface area contributed by atoms with Crippen LogP contribution in [0.4, 0.5) is 0 Å². The number of likely N-dealkylation sites (tertiary alicyclic amines) is 1. The molecule has 3 heteroatoms. The zero-order chi connectivity index (χ0) is 12.6. The molecule has 2 rings (SSSR count). The Morgan fingerprint density at radius 1 is 1.39 bits per heavy atom. The van der Waals surface area contributed by atoms with Gasteiger partial charge in [0, 0.05) is 38.1 Å². The molecule has 1 aliphatic heterocycles. The van der Waals surface area contributed by atoms with Crippen molar-refractivity contribution in [1.29, 1.82) is 0 Å². The zero-order valence-electron chi connectivity index (χ0n) is 11.4. The van der Waals surface area contributed by atoms with Gasteiger partial charge in [-0.15, -0.1) is 0 Å². The second-order valence-corrected chi connectivity index (χ2v) is 5.27. The fraction of sp³-hybridized carbons (Fsp3) is 0.667. The topological polar surface area (TPSA) is 28.2 Å². The van der Waals surface area contributed by atoms with Crippen LogP contribution >= 0.6 is 0 Å². The summed E-state index contributed by atoms with van der Waals surface area (Å²) >= 11 is 0. The molecule has 0 saturated carbocycles. The maximum atomic E-state index is 4.13. The average molecular weight is 247 g/mol. The Balaban J connectivity index is 1.65. The van der Waals surface area contributed by atoms with Crippen molar-refractivity contribution in [2.24, 2.45) is 0 Å². The summed E-state index contributed by atoms with van der Waals surface area (Å²) in [4.78, 5) is 6.76. The fourth-order valence-electron chi connectivity index (χ4n) is 2.62. The number of nitrogens with one attached hydrogen (secondary N) is 1. The van der Waals surface area contributed by atoms with Crippen molar-refractivity contribution in [2.45, 2.75) is 45.2 Å². The maximum Gasteiger partial charge on any atom is 0.0312 e. The summed E-state index contributed by atoms with van der Waals surface area (Å²) in [6.07, 6.45) is 9.30. The van der Waals surface area contributed by atoms with Gasteiger partial charge in [-0.1, -0.05) is 18.9 Å². The third kappa shape index (κ3) is 4.39. The molecule has 1 aromatic rings. The van der Waals surface area contributed by atoms with Crippen LogP contribution in [-0.4, -0.2) is 35.6 Å². The molecule has 1 fully saturated rings. The molecule has 0 aromatic carbocycles. The molecule has 3 nitrogen and oxygen atoms in total. The van der Waals surface area contributed by atoms with Crippen molar-refractivity contribution in [3.05, 3.63) is 30.1 Å². The fourth-order valence-corrected chi connectivity index (χ4v) is 2.62. The molecule has 1 saturated heterocycles. The Hall–Kier alpha value is -0.930. The highest BCUT2D eigenvalue weighted by atomic mass is 15.2. The van der Waals surface area contributed by atoms with Crippen LogP contribution in [0.25, 0.3) is 0 Å². The molecular weight excluding hydrogens is 222 g/mol. The first-order chi connectivity index (χ1) is 8.86. The standard InChI is InChI=1S/C15H25N3/c1-14-6-3-2-4-10-18(14)11-9-17-13-15-7-5-8-16-12-15/h5,7-8,12,14,17H,2-4,6,9-11,13H2,1H3. The van der Waals surface area contributed by atoms with Gasteiger partial charge in [0.25, 0.3) is 0 Å². The Bertz CT molecular complexity index is 326. The predicted molar refractivity (Wildman–Crippen MR) is 75.4 cm³/mol. The Kier molecular flexibility index (Phi) is 5.62. The Morgan fingerprint density at radius 2 is 2.33 bits per heavy atom. The number of rotatable bonds is 5. The van der Waals surface area contributed by atoms with E-state index in [0.717, 1.165) is 19.1 Å².